The lowest BCUT2D eigenvalue weighted by molar-refractivity contribution is -0.148. The second-order valence-corrected chi connectivity index (χ2v) is 10.2. The predicted octanol–water partition coefficient (Wildman–Crippen LogP) is 4.07. The molecule has 3 rings (SSSR count). The Hall–Kier alpha value is -2.52. The second-order valence-electron chi connectivity index (χ2n) is 10.2. The first-order valence-electron chi connectivity index (χ1n) is 14.4. The van der Waals surface area contributed by atoms with E-state index >= 15 is 0 Å². The van der Waals surface area contributed by atoms with Gasteiger partial charge in [0, 0.05) is 32.1 Å². The van der Waals surface area contributed by atoms with E-state index in [1.54, 1.807) is 7.11 Å². The van der Waals surface area contributed by atoms with Gasteiger partial charge in [0.25, 0.3) is 0 Å². The average Bonchev–Trinajstić information content (AvgIpc) is 3.38. The molecule has 0 aromatic heterocycles. The number of methoxy groups -OCH3 is 1. The van der Waals surface area contributed by atoms with Crippen molar-refractivity contribution < 1.29 is 28.5 Å². The summed E-state index contributed by atoms with van der Waals surface area (Å²) in [4.78, 5) is 26.0. The molecule has 214 valence electrons. The minimum Gasteiger partial charge on any atom is -0.493 e. The van der Waals surface area contributed by atoms with Crippen LogP contribution >= 0.6 is 0 Å². The first-order chi connectivity index (χ1) is 18.5. The molecule has 1 saturated carbocycles. The van der Waals surface area contributed by atoms with Crippen LogP contribution in [0.3, 0.4) is 0 Å². The number of urea groups is 1. The highest BCUT2D eigenvalue weighted by molar-refractivity contribution is 5.73. The number of ether oxygens (including phenoxy) is 4. The summed E-state index contributed by atoms with van der Waals surface area (Å²) in [5, 5.41) is 5.55. The maximum Gasteiger partial charge on any atom is 0.314 e. The van der Waals surface area contributed by atoms with Crippen LogP contribution in [-0.4, -0.2) is 81.7 Å². The Morgan fingerprint density at radius 3 is 2.61 bits per heavy atom. The van der Waals surface area contributed by atoms with Crippen molar-refractivity contribution in [2.45, 2.75) is 89.9 Å². The predicted molar refractivity (Wildman–Crippen MR) is 147 cm³/mol. The van der Waals surface area contributed by atoms with Crippen molar-refractivity contribution in [3.8, 4) is 11.5 Å². The third-order valence-corrected chi connectivity index (χ3v) is 7.20. The Morgan fingerprint density at radius 1 is 1.00 bits per heavy atom. The molecule has 1 saturated heterocycles. The van der Waals surface area contributed by atoms with Gasteiger partial charge < -0.3 is 29.6 Å². The molecule has 0 bridgehead atoms. The van der Waals surface area contributed by atoms with Gasteiger partial charge in [-0.1, -0.05) is 32.8 Å². The molecule has 3 atom stereocenters. The van der Waals surface area contributed by atoms with Crippen molar-refractivity contribution in [3.05, 3.63) is 23.8 Å². The van der Waals surface area contributed by atoms with E-state index in [1.807, 2.05) is 32.0 Å². The Labute approximate surface area is 227 Å². The Bertz CT molecular complexity index is 867. The van der Waals surface area contributed by atoms with Crippen molar-refractivity contribution in [1.82, 2.24) is 15.5 Å². The van der Waals surface area contributed by atoms with Crippen LogP contribution in [0.25, 0.3) is 0 Å². The van der Waals surface area contributed by atoms with Gasteiger partial charge in [-0.05, 0) is 56.2 Å². The Balaban J connectivity index is 1.43. The van der Waals surface area contributed by atoms with Crippen LogP contribution in [-0.2, 0) is 20.7 Å². The van der Waals surface area contributed by atoms with Crippen LogP contribution in [0.2, 0.25) is 0 Å². The highest BCUT2D eigenvalue weighted by Gasteiger charge is 2.36. The molecule has 1 unspecified atom stereocenters. The first kappa shape index (κ1) is 30.0. The summed E-state index contributed by atoms with van der Waals surface area (Å²) in [6.45, 7) is 7.86. The maximum atomic E-state index is 11.9. The number of carbonyl (C=O) groups is 2. The lowest BCUT2D eigenvalue weighted by atomic mass is 9.91. The highest BCUT2D eigenvalue weighted by atomic mass is 16.5. The zero-order valence-electron chi connectivity index (χ0n) is 23.5. The molecule has 2 fully saturated rings. The molecular formula is C29H47N3O6. The zero-order valence-corrected chi connectivity index (χ0v) is 23.5. The first-order valence-corrected chi connectivity index (χ1v) is 14.4. The van der Waals surface area contributed by atoms with Crippen molar-refractivity contribution in [2.24, 2.45) is 0 Å². The molecule has 0 radical (unpaired) electrons. The molecule has 1 heterocycles. The van der Waals surface area contributed by atoms with E-state index in [0.717, 1.165) is 57.2 Å². The maximum absolute atomic E-state index is 11.9. The van der Waals surface area contributed by atoms with Gasteiger partial charge in [-0.2, -0.15) is 0 Å². The van der Waals surface area contributed by atoms with E-state index in [-0.39, 0.29) is 24.2 Å². The van der Waals surface area contributed by atoms with Crippen LogP contribution in [0, 0.1) is 0 Å². The van der Waals surface area contributed by atoms with E-state index in [2.05, 4.69) is 15.5 Å². The topological polar surface area (TPSA) is 98.4 Å². The van der Waals surface area contributed by atoms with E-state index in [4.69, 9.17) is 18.9 Å². The number of hydrogen-bond donors (Lipinski definition) is 2. The second kappa shape index (κ2) is 16.4. The van der Waals surface area contributed by atoms with Gasteiger partial charge in [0.15, 0.2) is 11.5 Å². The molecule has 1 aromatic carbocycles. The number of nitrogens with one attached hydrogen (secondary N) is 2. The molecule has 2 aliphatic rings. The fourth-order valence-corrected chi connectivity index (χ4v) is 5.23. The Morgan fingerprint density at radius 2 is 1.82 bits per heavy atom. The molecule has 9 nitrogen and oxygen atoms in total. The largest absolute Gasteiger partial charge is 0.493 e. The summed E-state index contributed by atoms with van der Waals surface area (Å²) in [6.07, 6.45) is 8.76. The number of amides is 2. The molecule has 2 N–H and O–H groups in total. The van der Waals surface area contributed by atoms with Gasteiger partial charge in [-0.25, -0.2) is 4.79 Å². The number of nitrogens with zero attached hydrogens (tertiary/aromatic N) is 1. The number of carbonyl (C=O) groups excluding carboxylic acids is 2. The summed E-state index contributed by atoms with van der Waals surface area (Å²) in [6, 6.07) is 6.16. The molecule has 1 aromatic rings. The monoisotopic (exact) mass is 533 g/mol. The summed E-state index contributed by atoms with van der Waals surface area (Å²) >= 11 is 0. The van der Waals surface area contributed by atoms with E-state index < -0.39 is 0 Å². The lowest BCUT2D eigenvalue weighted by Crippen LogP contribution is -2.46. The zero-order chi connectivity index (χ0) is 27.2. The number of hydrogen-bond acceptors (Lipinski definition) is 7. The van der Waals surface area contributed by atoms with Crippen molar-refractivity contribution in [1.29, 1.82) is 0 Å². The van der Waals surface area contributed by atoms with Crippen LogP contribution in [0.4, 0.5) is 4.79 Å². The van der Waals surface area contributed by atoms with Gasteiger partial charge >= 0.3 is 12.0 Å². The van der Waals surface area contributed by atoms with Crippen LogP contribution < -0.4 is 20.1 Å². The van der Waals surface area contributed by atoms with Crippen LogP contribution in [0.15, 0.2) is 18.2 Å². The minimum atomic E-state index is -0.182. The molecule has 1 aliphatic heterocycles. The summed E-state index contributed by atoms with van der Waals surface area (Å²) in [5.74, 6) is 1.26. The van der Waals surface area contributed by atoms with Gasteiger partial charge in [-0.15, -0.1) is 0 Å². The summed E-state index contributed by atoms with van der Waals surface area (Å²) < 4.78 is 23.5. The standard InChI is InChI=1S/C29H47N3O6/c1-4-8-28(33)38-23-13-17-32(21-23)24-9-6-7-10-25(24)36-18-14-22-11-12-26(27(20-22)35-3)37-19-16-31-29(34)30-15-5-2/h11-12,20,23-25H,4-10,13-19,21H2,1-3H3,(H2,30,31,34)/t23-,24?,25+/m1/s1. The Kier molecular flexibility index (Phi) is 13.0. The van der Waals surface area contributed by atoms with Gasteiger partial charge in [0.2, 0.25) is 0 Å². The minimum absolute atomic E-state index is 0.0128. The summed E-state index contributed by atoms with van der Waals surface area (Å²) in [7, 11) is 1.63. The van der Waals surface area contributed by atoms with Gasteiger partial charge in [0.1, 0.15) is 12.7 Å². The number of likely N-dealkylation sites (tertiary alicyclic amines) is 1. The van der Waals surface area contributed by atoms with Crippen LogP contribution in [0.5, 0.6) is 11.5 Å². The fraction of sp³-hybridized carbons (Fsp3) is 0.724. The number of benzene rings is 1. The molecular weight excluding hydrogens is 486 g/mol. The normalized spacial score (nSPS) is 21.6. The van der Waals surface area contributed by atoms with Crippen LogP contribution in [0.1, 0.15) is 70.8 Å². The molecule has 2 amide bonds. The number of esters is 1. The number of rotatable bonds is 15. The van der Waals surface area contributed by atoms with Crippen molar-refractivity contribution in [2.75, 3.05) is 46.5 Å². The molecule has 38 heavy (non-hydrogen) atoms. The van der Waals surface area contributed by atoms with Gasteiger partial charge in [0.05, 0.1) is 26.4 Å². The highest BCUT2D eigenvalue weighted by Crippen LogP contribution is 2.30. The smallest absolute Gasteiger partial charge is 0.314 e. The van der Waals surface area contributed by atoms with Crippen molar-refractivity contribution >= 4 is 12.0 Å². The third kappa shape index (κ3) is 9.66. The fourth-order valence-electron chi connectivity index (χ4n) is 5.23. The van der Waals surface area contributed by atoms with E-state index in [1.165, 1.54) is 12.8 Å². The van der Waals surface area contributed by atoms with Gasteiger partial charge in [-0.3, -0.25) is 9.69 Å². The average molecular weight is 534 g/mol. The van der Waals surface area contributed by atoms with Crippen molar-refractivity contribution in [3.63, 3.8) is 0 Å². The van der Waals surface area contributed by atoms with E-state index in [0.29, 0.717) is 50.3 Å². The quantitative estimate of drug-likeness (QED) is 0.259. The molecule has 1 aliphatic carbocycles. The SMILES string of the molecule is CCCNC(=O)NCCOc1ccc(CCO[C@H]2CCCCC2N2CC[C@@H](OC(=O)CCC)C2)cc1OC. The molecule has 0 spiro atoms. The van der Waals surface area contributed by atoms with E-state index in [9.17, 15) is 9.59 Å². The lowest BCUT2D eigenvalue weighted by Gasteiger charge is -2.37. The summed E-state index contributed by atoms with van der Waals surface area (Å²) in [5.41, 5.74) is 1.13. The third-order valence-electron chi connectivity index (χ3n) is 7.20. The molecule has 9 heteroatoms.